The maximum atomic E-state index is 11.7. The van der Waals surface area contributed by atoms with Gasteiger partial charge >= 0.3 is 0 Å². The molecule has 0 aliphatic carbocycles. The molecule has 4 N–H and O–H groups in total. The minimum atomic E-state index is -3.32. The van der Waals surface area contributed by atoms with Crippen molar-refractivity contribution in [2.45, 2.75) is 25.7 Å². The van der Waals surface area contributed by atoms with Crippen LogP contribution in [0.3, 0.4) is 0 Å². The van der Waals surface area contributed by atoms with Gasteiger partial charge in [0.05, 0.1) is 11.9 Å². The van der Waals surface area contributed by atoms with Gasteiger partial charge in [-0.25, -0.2) is 8.42 Å². The van der Waals surface area contributed by atoms with Gasteiger partial charge in [0.15, 0.2) is 0 Å². The minimum absolute atomic E-state index is 0.0847. The van der Waals surface area contributed by atoms with E-state index in [1.807, 2.05) is 0 Å². The Morgan fingerprint density at radius 2 is 1.90 bits per heavy atom. The molecule has 6 nitrogen and oxygen atoms in total. The van der Waals surface area contributed by atoms with E-state index in [-0.39, 0.29) is 5.91 Å². The molecule has 0 fully saturated rings. The molecule has 20 heavy (non-hydrogen) atoms. The van der Waals surface area contributed by atoms with Crippen molar-refractivity contribution in [1.82, 2.24) is 0 Å². The van der Waals surface area contributed by atoms with Crippen molar-refractivity contribution in [3.63, 3.8) is 0 Å². The number of rotatable bonds is 8. The van der Waals surface area contributed by atoms with E-state index in [0.29, 0.717) is 24.3 Å². The Morgan fingerprint density at radius 3 is 2.55 bits per heavy atom. The third-order valence-corrected chi connectivity index (χ3v) is 3.16. The van der Waals surface area contributed by atoms with Crippen molar-refractivity contribution in [2.24, 2.45) is 5.73 Å². The van der Waals surface area contributed by atoms with Crippen molar-refractivity contribution in [3.05, 3.63) is 24.3 Å². The number of nitrogens with two attached hydrogens (primary N) is 1. The Hall–Kier alpha value is -1.60. The fourth-order valence-corrected chi connectivity index (χ4v) is 2.26. The molecule has 1 aromatic carbocycles. The maximum Gasteiger partial charge on any atom is 0.229 e. The summed E-state index contributed by atoms with van der Waals surface area (Å²) in [5, 5.41) is 2.74. The molecule has 0 aromatic heterocycles. The van der Waals surface area contributed by atoms with Crippen molar-refractivity contribution in [1.29, 1.82) is 0 Å². The summed E-state index contributed by atoms with van der Waals surface area (Å²) in [6, 6.07) is 6.60. The van der Waals surface area contributed by atoms with Crippen LogP contribution in [-0.4, -0.2) is 27.1 Å². The SMILES string of the molecule is CS(=O)(=O)Nc1cccc(NC(=O)CCCCCN)c1. The number of nitrogens with one attached hydrogen (secondary N) is 2. The number of hydrogen-bond acceptors (Lipinski definition) is 4. The van der Waals surface area contributed by atoms with Gasteiger partial charge in [-0.3, -0.25) is 9.52 Å². The number of carbonyl (C=O) groups excluding carboxylic acids is 1. The number of hydrogen-bond donors (Lipinski definition) is 3. The van der Waals surface area contributed by atoms with Crippen LogP contribution >= 0.6 is 0 Å². The van der Waals surface area contributed by atoms with Gasteiger partial charge in [-0.15, -0.1) is 0 Å². The Balaban J connectivity index is 2.51. The van der Waals surface area contributed by atoms with Crippen LogP contribution in [0.1, 0.15) is 25.7 Å². The summed E-state index contributed by atoms with van der Waals surface area (Å²) in [7, 11) is -3.32. The smallest absolute Gasteiger partial charge is 0.229 e. The number of anilines is 2. The Morgan fingerprint density at radius 1 is 1.20 bits per heavy atom. The first-order valence-electron chi connectivity index (χ1n) is 6.48. The van der Waals surface area contributed by atoms with Gasteiger partial charge in [0.25, 0.3) is 0 Å². The minimum Gasteiger partial charge on any atom is -0.330 e. The second-order valence-corrected chi connectivity index (χ2v) is 6.35. The number of amides is 1. The maximum absolute atomic E-state index is 11.7. The topological polar surface area (TPSA) is 101 Å². The summed E-state index contributed by atoms with van der Waals surface area (Å²) in [5.74, 6) is -0.0847. The predicted octanol–water partition coefficient (Wildman–Crippen LogP) is 1.52. The number of carbonyl (C=O) groups is 1. The number of sulfonamides is 1. The highest BCUT2D eigenvalue weighted by molar-refractivity contribution is 7.92. The van der Waals surface area contributed by atoms with Crippen LogP contribution in [0.5, 0.6) is 0 Å². The average molecular weight is 299 g/mol. The number of benzene rings is 1. The number of unbranched alkanes of at least 4 members (excludes halogenated alkanes) is 2. The van der Waals surface area contributed by atoms with Crippen molar-refractivity contribution >= 4 is 27.3 Å². The molecule has 0 unspecified atom stereocenters. The highest BCUT2D eigenvalue weighted by Crippen LogP contribution is 2.16. The molecular formula is C13H21N3O3S. The third kappa shape index (κ3) is 7.10. The first kappa shape index (κ1) is 16.5. The van der Waals surface area contributed by atoms with E-state index >= 15 is 0 Å². The molecule has 7 heteroatoms. The van der Waals surface area contributed by atoms with Crippen LogP contribution in [0.25, 0.3) is 0 Å². The molecule has 0 saturated heterocycles. The van der Waals surface area contributed by atoms with Gasteiger partial charge < -0.3 is 11.1 Å². The molecule has 0 radical (unpaired) electrons. The average Bonchev–Trinajstić information content (AvgIpc) is 2.33. The van der Waals surface area contributed by atoms with Gasteiger partial charge in [0.2, 0.25) is 15.9 Å². The quantitative estimate of drug-likeness (QED) is 0.633. The summed E-state index contributed by atoms with van der Waals surface area (Å²) in [6.45, 7) is 0.640. The largest absolute Gasteiger partial charge is 0.330 e. The lowest BCUT2D eigenvalue weighted by atomic mass is 10.2. The third-order valence-electron chi connectivity index (χ3n) is 2.56. The van der Waals surface area contributed by atoms with Gasteiger partial charge in [-0.1, -0.05) is 12.5 Å². The van der Waals surface area contributed by atoms with E-state index in [1.165, 1.54) is 0 Å². The zero-order valence-corrected chi connectivity index (χ0v) is 12.4. The molecule has 1 rings (SSSR count). The zero-order valence-electron chi connectivity index (χ0n) is 11.6. The molecule has 112 valence electrons. The Bertz CT molecular complexity index is 544. The Labute approximate surface area is 119 Å². The highest BCUT2D eigenvalue weighted by atomic mass is 32.2. The standard InChI is InChI=1S/C13H21N3O3S/c1-20(18,19)16-12-7-5-6-11(10-12)15-13(17)8-3-2-4-9-14/h5-7,10,16H,2-4,8-9,14H2,1H3,(H,15,17). The van der Waals surface area contributed by atoms with Crippen LogP contribution in [0.15, 0.2) is 24.3 Å². The van der Waals surface area contributed by atoms with Crippen LogP contribution in [-0.2, 0) is 14.8 Å². The molecule has 0 saturated carbocycles. The van der Waals surface area contributed by atoms with Crippen LogP contribution in [0.4, 0.5) is 11.4 Å². The van der Waals surface area contributed by atoms with Gasteiger partial charge in [0, 0.05) is 12.1 Å². The summed E-state index contributed by atoms with van der Waals surface area (Å²) < 4.78 is 24.6. The van der Waals surface area contributed by atoms with E-state index < -0.39 is 10.0 Å². The molecule has 0 aliphatic heterocycles. The predicted molar refractivity (Wildman–Crippen MR) is 81.1 cm³/mol. The van der Waals surface area contributed by atoms with Gasteiger partial charge in [-0.05, 0) is 37.6 Å². The van der Waals surface area contributed by atoms with Crippen molar-refractivity contribution in [3.8, 4) is 0 Å². The van der Waals surface area contributed by atoms with Crippen LogP contribution in [0.2, 0.25) is 0 Å². The van der Waals surface area contributed by atoms with Crippen LogP contribution < -0.4 is 15.8 Å². The van der Waals surface area contributed by atoms with Crippen molar-refractivity contribution < 1.29 is 13.2 Å². The first-order valence-corrected chi connectivity index (χ1v) is 8.37. The fraction of sp³-hybridized carbons (Fsp3) is 0.462. The normalized spacial score (nSPS) is 11.1. The summed E-state index contributed by atoms with van der Waals surface area (Å²) in [5.41, 5.74) is 6.38. The first-order chi connectivity index (χ1) is 9.40. The van der Waals surface area contributed by atoms with Gasteiger partial charge in [0.1, 0.15) is 0 Å². The monoisotopic (exact) mass is 299 g/mol. The molecule has 0 bridgehead atoms. The molecular weight excluding hydrogens is 278 g/mol. The second-order valence-electron chi connectivity index (χ2n) is 4.60. The lowest BCUT2D eigenvalue weighted by molar-refractivity contribution is -0.116. The van der Waals surface area contributed by atoms with E-state index in [1.54, 1.807) is 24.3 Å². The Kier molecular flexibility index (Phi) is 6.47. The summed E-state index contributed by atoms with van der Waals surface area (Å²) >= 11 is 0. The molecule has 0 spiro atoms. The zero-order chi connectivity index (χ0) is 15.0. The summed E-state index contributed by atoms with van der Waals surface area (Å²) in [4.78, 5) is 11.7. The van der Waals surface area contributed by atoms with E-state index in [0.717, 1.165) is 25.5 Å². The molecule has 1 aromatic rings. The molecule has 0 atom stereocenters. The fourth-order valence-electron chi connectivity index (χ4n) is 1.70. The molecule has 1 amide bonds. The van der Waals surface area contributed by atoms with E-state index in [4.69, 9.17) is 5.73 Å². The summed E-state index contributed by atoms with van der Waals surface area (Å²) in [6.07, 6.45) is 4.16. The van der Waals surface area contributed by atoms with Crippen LogP contribution in [0, 0.1) is 0 Å². The molecule has 0 heterocycles. The lowest BCUT2D eigenvalue weighted by Gasteiger charge is -2.08. The van der Waals surface area contributed by atoms with E-state index in [9.17, 15) is 13.2 Å². The van der Waals surface area contributed by atoms with Crippen molar-refractivity contribution in [2.75, 3.05) is 22.8 Å². The van der Waals surface area contributed by atoms with E-state index in [2.05, 4.69) is 10.0 Å². The lowest BCUT2D eigenvalue weighted by Crippen LogP contribution is -2.13. The second kappa shape index (κ2) is 7.86. The molecule has 0 aliphatic rings. The van der Waals surface area contributed by atoms with Gasteiger partial charge in [-0.2, -0.15) is 0 Å². The highest BCUT2D eigenvalue weighted by Gasteiger charge is 2.05.